The number of methoxy groups -OCH3 is 1. The lowest BCUT2D eigenvalue weighted by molar-refractivity contribution is -0.689. The molecule has 192 valence electrons. The van der Waals surface area contributed by atoms with Crippen LogP contribution in [0.3, 0.4) is 0 Å². The Bertz CT molecular complexity index is 1020. The van der Waals surface area contributed by atoms with Crippen LogP contribution in [-0.2, 0) is 36.5 Å². The molecule has 0 bridgehead atoms. The van der Waals surface area contributed by atoms with Gasteiger partial charge in [-0.3, -0.25) is 14.5 Å². The minimum Gasteiger partial charge on any atom is -0.501 e. The Kier molecular flexibility index (Phi) is 13.0. The molecule has 1 aliphatic rings. The zero-order valence-corrected chi connectivity index (χ0v) is 22.6. The fourth-order valence-corrected chi connectivity index (χ4v) is 3.56. The van der Waals surface area contributed by atoms with Crippen LogP contribution in [0.25, 0.3) is 0 Å². The summed E-state index contributed by atoms with van der Waals surface area (Å²) in [5.41, 5.74) is 3.34. The molecule has 0 fully saturated rings. The van der Waals surface area contributed by atoms with Crippen LogP contribution in [0.4, 0.5) is 11.5 Å². The third-order valence-corrected chi connectivity index (χ3v) is 5.42. The average Bonchev–Trinajstić information content (AvgIpc) is 3.27. The number of aryl methyl sites for hydroxylation is 2. The molecule has 1 aliphatic carbocycles. The molecule has 2 heterocycles. The number of allylic oxidation sites excluding steroid dienone is 2. The van der Waals surface area contributed by atoms with E-state index in [1.165, 1.54) is 30.3 Å². The maximum Gasteiger partial charge on any atom is 0.297 e. The van der Waals surface area contributed by atoms with E-state index in [0.717, 1.165) is 30.2 Å². The second kappa shape index (κ2) is 15.4. The van der Waals surface area contributed by atoms with Crippen LogP contribution in [0.5, 0.6) is 0 Å². The average molecular weight is 485 g/mol. The van der Waals surface area contributed by atoms with Crippen LogP contribution in [-0.4, -0.2) is 47.6 Å². The van der Waals surface area contributed by atoms with Gasteiger partial charge in [-0.05, 0) is 37.2 Å². The minimum atomic E-state index is -0.0669. The number of fused-ring (bicyclic) bond motifs is 1. The molecule has 0 radical (unpaired) electrons. The van der Waals surface area contributed by atoms with E-state index in [2.05, 4.69) is 33.6 Å². The van der Waals surface area contributed by atoms with E-state index in [1.54, 1.807) is 36.5 Å². The third kappa shape index (κ3) is 9.35. The highest BCUT2D eigenvalue weighted by Crippen LogP contribution is 2.26. The van der Waals surface area contributed by atoms with Crippen LogP contribution >= 0.6 is 0 Å². The first-order valence-electron chi connectivity index (χ1n) is 12.0. The molecule has 3 rings (SSSR count). The van der Waals surface area contributed by atoms with Gasteiger partial charge >= 0.3 is 0 Å². The molecule has 0 saturated heterocycles. The van der Waals surface area contributed by atoms with Crippen molar-refractivity contribution in [3.8, 4) is 0 Å². The number of likely N-dealkylation sites (N-methyl/N-ethyl adjacent to an activating group) is 1. The molecular formula is C26H42N7O2+. The number of carbonyl (C=O) groups is 1. The van der Waals surface area contributed by atoms with Crippen molar-refractivity contribution in [2.45, 2.75) is 53.4 Å². The Labute approximate surface area is 210 Å². The Morgan fingerprint density at radius 3 is 2.66 bits per heavy atom. The fourth-order valence-electron chi connectivity index (χ4n) is 3.56. The summed E-state index contributed by atoms with van der Waals surface area (Å²) in [6, 6.07) is 0. The second-order valence-electron chi connectivity index (χ2n) is 7.94. The lowest BCUT2D eigenvalue weighted by atomic mass is 9.95. The van der Waals surface area contributed by atoms with Gasteiger partial charge in [-0.1, -0.05) is 20.4 Å². The predicted molar refractivity (Wildman–Crippen MR) is 143 cm³/mol. The number of carbonyl (C=O) groups excluding carboxylic acids is 1. The summed E-state index contributed by atoms with van der Waals surface area (Å²) in [6.45, 7) is 11.6. The first kappa shape index (κ1) is 29.5. The predicted octanol–water partition coefficient (Wildman–Crippen LogP) is 3.68. The molecule has 1 amide bonds. The lowest BCUT2D eigenvalue weighted by Crippen LogP contribution is -2.42. The molecule has 9 nitrogen and oxygen atoms in total. The van der Waals surface area contributed by atoms with Crippen molar-refractivity contribution in [2.75, 3.05) is 30.9 Å². The molecular weight excluding hydrogens is 442 g/mol. The number of aromatic nitrogens is 4. The van der Waals surface area contributed by atoms with E-state index in [0.29, 0.717) is 5.69 Å². The first-order chi connectivity index (χ1) is 16.8. The largest absolute Gasteiger partial charge is 0.501 e. The number of rotatable bonds is 7. The van der Waals surface area contributed by atoms with Gasteiger partial charge in [0.2, 0.25) is 5.91 Å². The molecule has 0 atom stereocenters. The lowest BCUT2D eigenvalue weighted by Gasteiger charge is -2.22. The standard InChI is InChI=1S/C17H24N6O.C7H11NO.C2H6/c1-12-19-17(14-7-5-6-8-15(14)23(12)4)21(2)11-16(24)20-13-9-18-22(3)10-13;1-4-8-6-5-7(2)9-3;1-2/h9-10H,5-8,11H2,1-4H3;4-6H,1H2,2-3H3;1-2H3/p+1/b;7-5+,8-6?;. The van der Waals surface area contributed by atoms with Gasteiger partial charge in [0.1, 0.15) is 12.2 Å². The summed E-state index contributed by atoms with van der Waals surface area (Å²) < 4.78 is 8.68. The number of ether oxygens (including phenoxy) is 1. The molecule has 0 aromatic carbocycles. The van der Waals surface area contributed by atoms with Crippen LogP contribution < -0.4 is 14.8 Å². The van der Waals surface area contributed by atoms with E-state index in [4.69, 9.17) is 9.72 Å². The van der Waals surface area contributed by atoms with Gasteiger partial charge in [-0.2, -0.15) is 5.10 Å². The second-order valence-corrected chi connectivity index (χ2v) is 7.94. The van der Waals surface area contributed by atoms with Crippen molar-refractivity contribution in [3.63, 3.8) is 0 Å². The summed E-state index contributed by atoms with van der Waals surface area (Å²) in [5, 5.41) is 6.93. The summed E-state index contributed by atoms with van der Waals surface area (Å²) >= 11 is 0. The van der Waals surface area contributed by atoms with Crippen LogP contribution in [0, 0.1) is 6.92 Å². The van der Waals surface area contributed by atoms with Gasteiger partial charge < -0.3 is 15.0 Å². The molecule has 1 N–H and O–H groups in total. The molecule has 0 saturated carbocycles. The van der Waals surface area contributed by atoms with Gasteiger partial charge in [0.25, 0.3) is 11.6 Å². The topological polar surface area (TPSA) is 88.5 Å². The SMILES string of the molecule is C=CN=C/C=C(\C)OC.CC.Cc1nc(N(C)CC(=O)Nc2cnn(C)c2)c2c([n+]1C)CCCC2. The summed E-state index contributed by atoms with van der Waals surface area (Å²) in [6.07, 6.45) is 12.8. The fraction of sp³-hybridized carbons (Fsp3) is 0.500. The zero-order chi connectivity index (χ0) is 26.4. The van der Waals surface area contributed by atoms with Gasteiger partial charge in [-0.15, -0.1) is 0 Å². The molecule has 0 spiro atoms. The number of hydrogen-bond acceptors (Lipinski definition) is 6. The molecule has 0 aliphatic heterocycles. The minimum absolute atomic E-state index is 0.0669. The molecule has 2 aromatic rings. The normalized spacial score (nSPS) is 12.5. The van der Waals surface area contributed by atoms with Crippen molar-refractivity contribution >= 4 is 23.6 Å². The van der Waals surface area contributed by atoms with Crippen molar-refractivity contribution in [1.29, 1.82) is 0 Å². The molecule has 35 heavy (non-hydrogen) atoms. The maximum absolute atomic E-state index is 12.3. The Balaban J connectivity index is 0.000000473. The van der Waals surface area contributed by atoms with E-state index < -0.39 is 0 Å². The van der Waals surface area contributed by atoms with E-state index in [-0.39, 0.29) is 12.5 Å². The van der Waals surface area contributed by atoms with E-state index in [9.17, 15) is 4.79 Å². The highest BCUT2D eigenvalue weighted by Gasteiger charge is 2.27. The first-order valence-corrected chi connectivity index (χ1v) is 12.0. The van der Waals surface area contributed by atoms with Gasteiger partial charge in [0, 0.05) is 46.1 Å². The molecule has 0 unspecified atom stereocenters. The number of aliphatic imine (C=N–C) groups is 1. The number of anilines is 2. The molecule has 2 aromatic heterocycles. The van der Waals surface area contributed by atoms with Crippen molar-refractivity contribution in [1.82, 2.24) is 14.8 Å². The maximum atomic E-state index is 12.3. The zero-order valence-electron chi connectivity index (χ0n) is 22.6. The smallest absolute Gasteiger partial charge is 0.297 e. The Morgan fingerprint density at radius 1 is 1.37 bits per heavy atom. The van der Waals surface area contributed by atoms with Crippen molar-refractivity contribution in [3.05, 3.63) is 54.1 Å². The van der Waals surface area contributed by atoms with Crippen LogP contribution in [0.15, 0.2) is 42.0 Å². The summed E-state index contributed by atoms with van der Waals surface area (Å²) in [4.78, 5) is 22.7. The van der Waals surface area contributed by atoms with Crippen LogP contribution in [0.1, 0.15) is 50.7 Å². The number of hydrogen-bond donors (Lipinski definition) is 1. The summed E-state index contributed by atoms with van der Waals surface area (Å²) in [5.74, 6) is 2.68. The number of amides is 1. The monoisotopic (exact) mass is 484 g/mol. The number of nitrogens with zero attached hydrogens (tertiary/aromatic N) is 6. The third-order valence-electron chi connectivity index (χ3n) is 5.42. The molecule has 9 heteroatoms. The highest BCUT2D eigenvalue weighted by atomic mass is 16.5. The highest BCUT2D eigenvalue weighted by molar-refractivity contribution is 5.93. The van der Waals surface area contributed by atoms with Crippen molar-refractivity contribution < 1.29 is 14.1 Å². The van der Waals surface area contributed by atoms with Gasteiger partial charge in [-0.25, -0.2) is 4.57 Å². The Hall–Kier alpha value is -3.49. The van der Waals surface area contributed by atoms with Gasteiger partial charge in [0.15, 0.2) is 0 Å². The summed E-state index contributed by atoms with van der Waals surface area (Å²) in [7, 11) is 7.45. The number of nitrogens with one attached hydrogen (secondary N) is 1. The van der Waals surface area contributed by atoms with Crippen molar-refractivity contribution in [2.24, 2.45) is 19.1 Å². The Morgan fingerprint density at radius 2 is 2.06 bits per heavy atom. The van der Waals surface area contributed by atoms with E-state index in [1.807, 2.05) is 46.7 Å². The van der Waals surface area contributed by atoms with Gasteiger partial charge in [0.05, 0.1) is 37.4 Å². The quantitative estimate of drug-likeness (QED) is 0.368. The van der Waals surface area contributed by atoms with E-state index >= 15 is 0 Å². The van der Waals surface area contributed by atoms with Crippen LogP contribution in [0.2, 0.25) is 0 Å².